The Bertz CT molecular complexity index is 1740. The Morgan fingerprint density at radius 3 is 2.66 bits per heavy atom. The van der Waals surface area contributed by atoms with Crippen LogP contribution in [0.3, 0.4) is 0 Å². The number of sulfonamides is 1. The molecular formula is C31H32ClFN4O3S. The van der Waals surface area contributed by atoms with Gasteiger partial charge in [-0.05, 0) is 90.8 Å². The number of nitrogens with zero attached hydrogens (tertiary/aromatic N) is 2. The number of nitrogens with one attached hydrogen (secondary N) is 2. The first-order valence-electron chi connectivity index (χ1n) is 14.1. The first-order valence-corrected chi connectivity index (χ1v) is 16.0. The predicted octanol–water partition coefficient (Wildman–Crippen LogP) is 7.18. The lowest BCUT2D eigenvalue weighted by molar-refractivity contribution is 0.180. The Balaban J connectivity index is 1.34. The first-order chi connectivity index (χ1) is 19.7. The molecule has 0 saturated heterocycles. The van der Waals surface area contributed by atoms with Crippen molar-refractivity contribution >= 4 is 44.2 Å². The molecule has 1 aromatic heterocycles. The van der Waals surface area contributed by atoms with Crippen molar-refractivity contribution in [1.82, 2.24) is 9.97 Å². The van der Waals surface area contributed by atoms with E-state index in [0.717, 1.165) is 23.7 Å². The number of aromatic nitrogens is 2. The van der Waals surface area contributed by atoms with Crippen LogP contribution in [0.2, 0.25) is 5.02 Å². The third-order valence-electron chi connectivity index (χ3n) is 8.19. The normalized spacial score (nSPS) is 17.5. The van der Waals surface area contributed by atoms with Crippen molar-refractivity contribution < 1.29 is 17.9 Å². The van der Waals surface area contributed by atoms with Crippen LogP contribution in [-0.4, -0.2) is 29.5 Å². The number of hydrogen-bond acceptors (Lipinski definition) is 6. The summed E-state index contributed by atoms with van der Waals surface area (Å²) in [7, 11) is -4.08. The Morgan fingerprint density at radius 2 is 1.88 bits per heavy atom. The summed E-state index contributed by atoms with van der Waals surface area (Å²) < 4.78 is 45.3. The molecule has 7 nitrogen and oxygen atoms in total. The van der Waals surface area contributed by atoms with Crippen molar-refractivity contribution in [1.29, 1.82) is 0 Å². The number of aliphatic hydroxyl groups is 1. The zero-order chi connectivity index (χ0) is 28.7. The van der Waals surface area contributed by atoms with Crippen LogP contribution in [0.25, 0.3) is 22.0 Å². The van der Waals surface area contributed by atoms with Gasteiger partial charge in [0.15, 0.2) is 0 Å². The van der Waals surface area contributed by atoms with Gasteiger partial charge in [-0.2, -0.15) is 0 Å². The van der Waals surface area contributed by atoms with Crippen molar-refractivity contribution in [2.45, 2.75) is 75.3 Å². The Labute approximate surface area is 244 Å². The number of halogens is 2. The fourth-order valence-corrected chi connectivity index (χ4v) is 7.86. The lowest BCUT2D eigenvalue weighted by Crippen LogP contribution is -2.23. The third-order valence-corrected chi connectivity index (χ3v) is 9.84. The van der Waals surface area contributed by atoms with Crippen LogP contribution < -0.4 is 10.0 Å². The fourth-order valence-electron chi connectivity index (χ4n) is 6.15. The molecule has 0 bridgehead atoms. The molecule has 0 aliphatic heterocycles. The van der Waals surface area contributed by atoms with E-state index in [4.69, 9.17) is 11.6 Å². The highest BCUT2D eigenvalue weighted by Crippen LogP contribution is 2.39. The van der Waals surface area contributed by atoms with Crippen molar-refractivity contribution in [3.05, 3.63) is 76.2 Å². The van der Waals surface area contributed by atoms with Gasteiger partial charge in [-0.1, -0.05) is 43.9 Å². The van der Waals surface area contributed by atoms with E-state index in [-0.39, 0.29) is 9.92 Å². The average Bonchev–Trinajstić information content (AvgIpc) is 3.33. The SMILES string of the molecule is CCc1c(NS(=O)(=O)c2cc(Cl)cc3c2CC[C@H]3O)ccc(F)c1-c1ccc2nc(NC3CCCCC3)ncc2c1. The van der Waals surface area contributed by atoms with Crippen LogP contribution in [0.15, 0.2) is 53.6 Å². The molecule has 10 heteroatoms. The van der Waals surface area contributed by atoms with Gasteiger partial charge in [0, 0.05) is 28.2 Å². The molecule has 1 fully saturated rings. The Kier molecular flexibility index (Phi) is 7.61. The van der Waals surface area contributed by atoms with E-state index in [9.17, 15) is 13.5 Å². The van der Waals surface area contributed by atoms with Gasteiger partial charge in [-0.3, -0.25) is 4.72 Å². The molecule has 1 saturated carbocycles. The van der Waals surface area contributed by atoms with E-state index in [1.54, 1.807) is 18.3 Å². The Hall–Kier alpha value is -3.27. The summed E-state index contributed by atoms with van der Waals surface area (Å²) in [6.45, 7) is 1.86. The van der Waals surface area contributed by atoms with Gasteiger partial charge < -0.3 is 10.4 Å². The second kappa shape index (κ2) is 11.2. The molecule has 0 spiro atoms. The zero-order valence-electron chi connectivity index (χ0n) is 22.8. The maximum Gasteiger partial charge on any atom is 0.262 e. The van der Waals surface area contributed by atoms with Crippen molar-refractivity contribution in [3.8, 4) is 11.1 Å². The van der Waals surface area contributed by atoms with Crippen LogP contribution in [0, 0.1) is 5.82 Å². The highest BCUT2D eigenvalue weighted by atomic mass is 35.5. The number of benzene rings is 3. The topological polar surface area (TPSA) is 104 Å². The molecule has 2 aliphatic carbocycles. The van der Waals surface area contributed by atoms with Crippen LogP contribution >= 0.6 is 11.6 Å². The molecule has 1 heterocycles. The third kappa shape index (κ3) is 5.50. The lowest BCUT2D eigenvalue weighted by Gasteiger charge is -2.22. The molecule has 2 aliphatic rings. The van der Waals surface area contributed by atoms with Crippen molar-refractivity contribution in [2.75, 3.05) is 10.0 Å². The lowest BCUT2D eigenvalue weighted by atomic mass is 9.95. The monoisotopic (exact) mass is 594 g/mol. The summed E-state index contributed by atoms with van der Waals surface area (Å²) in [6.07, 6.45) is 8.14. The first kappa shape index (κ1) is 27.9. The minimum atomic E-state index is -4.08. The van der Waals surface area contributed by atoms with Gasteiger partial charge in [-0.25, -0.2) is 22.8 Å². The van der Waals surface area contributed by atoms with Crippen molar-refractivity contribution in [3.63, 3.8) is 0 Å². The summed E-state index contributed by atoms with van der Waals surface area (Å²) >= 11 is 6.23. The van der Waals surface area contributed by atoms with Crippen LogP contribution in [-0.2, 0) is 22.9 Å². The smallest absolute Gasteiger partial charge is 0.262 e. The zero-order valence-corrected chi connectivity index (χ0v) is 24.3. The molecule has 4 aromatic rings. The number of aliphatic hydroxyl groups excluding tert-OH is 1. The summed E-state index contributed by atoms with van der Waals surface area (Å²) in [5.41, 5.74) is 3.59. The number of anilines is 2. The average molecular weight is 595 g/mol. The van der Waals surface area contributed by atoms with E-state index in [2.05, 4.69) is 20.0 Å². The highest BCUT2D eigenvalue weighted by molar-refractivity contribution is 7.92. The molecule has 6 rings (SSSR count). The largest absolute Gasteiger partial charge is 0.388 e. The standard InChI is InChI=1S/C31H32ClFN4O3S/c1-2-22-27(37-41(39,40)29-16-20(32)15-24-23(29)9-13-28(24)38)12-10-25(33)30(22)18-8-11-26-19(14-18)17-34-31(36-26)35-21-6-4-3-5-7-21/h8,10-12,14-17,21,28,37-38H,2-7,9,13H2,1H3,(H,34,35,36)/t28-/m1/s1. The number of fused-ring (bicyclic) bond motifs is 2. The minimum absolute atomic E-state index is 0.0324. The summed E-state index contributed by atoms with van der Waals surface area (Å²) in [5, 5.41) is 14.7. The minimum Gasteiger partial charge on any atom is -0.388 e. The van der Waals surface area contributed by atoms with Crippen LogP contribution in [0.1, 0.15) is 68.2 Å². The van der Waals surface area contributed by atoms with E-state index in [1.807, 2.05) is 19.1 Å². The summed E-state index contributed by atoms with van der Waals surface area (Å²) in [5.74, 6) is 0.140. The van der Waals surface area contributed by atoms with Gasteiger partial charge in [0.2, 0.25) is 5.95 Å². The fraction of sp³-hybridized carbons (Fsp3) is 0.355. The number of hydrogen-bond donors (Lipinski definition) is 3. The maximum atomic E-state index is 15.4. The molecule has 0 unspecified atom stereocenters. The molecular weight excluding hydrogens is 563 g/mol. The van der Waals surface area contributed by atoms with Gasteiger partial charge >= 0.3 is 0 Å². The predicted molar refractivity (Wildman–Crippen MR) is 160 cm³/mol. The quantitative estimate of drug-likeness (QED) is 0.209. The molecule has 41 heavy (non-hydrogen) atoms. The van der Waals surface area contributed by atoms with Gasteiger partial charge in [0.05, 0.1) is 22.2 Å². The molecule has 214 valence electrons. The van der Waals surface area contributed by atoms with E-state index < -0.39 is 21.9 Å². The highest BCUT2D eigenvalue weighted by Gasteiger charge is 2.30. The summed E-state index contributed by atoms with van der Waals surface area (Å²) in [6, 6.07) is 11.6. The Morgan fingerprint density at radius 1 is 1.07 bits per heavy atom. The van der Waals surface area contributed by atoms with Gasteiger partial charge in [0.25, 0.3) is 10.0 Å². The molecule has 0 radical (unpaired) electrons. The number of rotatable bonds is 7. The van der Waals surface area contributed by atoms with Crippen LogP contribution in [0.5, 0.6) is 0 Å². The second-order valence-electron chi connectivity index (χ2n) is 10.9. The van der Waals surface area contributed by atoms with E-state index in [1.165, 1.54) is 37.5 Å². The maximum absolute atomic E-state index is 15.4. The van der Waals surface area contributed by atoms with Crippen LogP contribution in [0.4, 0.5) is 16.0 Å². The molecule has 1 atom stereocenters. The van der Waals surface area contributed by atoms with Gasteiger partial charge in [-0.15, -0.1) is 0 Å². The molecule has 0 amide bonds. The van der Waals surface area contributed by atoms with Gasteiger partial charge in [0.1, 0.15) is 5.82 Å². The summed E-state index contributed by atoms with van der Waals surface area (Å²) in [4.78, 5) is 9.21. The van der Waals surface area contributed by atoms with E-state index >= 15 is 4.39 Å². The molecule has 3 N–H and O–H groups in total. The molecule has 3 aromatic carbocycles. The van der Waals surface area contributed by atoms with Crippen molar-refractivity contribution in [2.24, 2.45) is 0 Å². The second-order valence-corrected chi connectivity index (χ2v) is 13.0. The van der Waals surface area contributed by atoms with E-state index in [0.29, 0.717) is 64.8 Å².